The second-order valence-corrected chi connectivity index (χ2v) is 5.92. The number of hydrogen-bond acceptors (Lipinski definition) is 2. The molecule has 1 aliphatic heterocycles. The first kappa shape index (κ1) is 17.3. The van der Waals surface area contributed by atoms with Gasteiger partial charge < -0.3 is 15.1 Å². The average molecular weight is 316 g/mol. The van der Waals surface area contributed by atoms with Gasteiger partial charge >= 0.3 is 0 Å². The molecule has 1 amide bonds. The summed E-state index contributed by atoms with van der Waals surface area (Å²) in [7, 11) is 2.02. The summed E-state index contributed by atoms with van der Waals surface area (Å²) in [4.78, 5) is 20.7. The van der Waals surface area contributed by atoms with E-state index in [4.69, 9.17) is 0 Å². The third-order valence-electron chi connectivity index (χ3n) is 4.01. The quantitative estimate of drug-likeness (QED) is 0.646. The van der Waals surface area contributed by atoms with Crippen molar-refractivity contribution in [2.24, 2.45) is 4.99 Å². The number of carbonyl (C=O) groups excluding carboxylic acids is 1. The Labute approximate surface area is 139 Å². The third kappa shape index (κ3) is 5.58. The highest BCUT2D eigenvalue weighted by Crippen LogP contribution is 2.09. The first-order valence-corrected chi connectivity index (χ1v) is 8.52. The van der Waals surface area contributed by atoms with Crippen LogP contribution in [-0.2, 0) is 11.3 Å². The van der Waals surface area contributed by atoms with E-state index in [0.29, 0.717) is 13.0 Å². The molecule has 0 radical (unpaired) electrons. The van der Waals surface area contributed by atoms with Gasteiger partial charge in [0.1, 0.15) is 0 Å². The summed E-state index contributed by atoms with van der Waals surface area (Å²) in [5.74, 6) is 1.08. The van der Waals surface area contributed by atoms with Gasteiger partial charge in [-0.3, -0.25) is 9.79 Å². The Morgan fingerprint density at radius 3 is 2.61 bits per heavy atom. The molecular weight excluding hydrogens is 288 g/mol. The van der Waals surface area contributed by atoms with Gasteiger partial charge in [0, 0.05) is 39.6 Å². The van der Waals surface area contributed by atoms with Crippen LogP contribution < -0.4 is 5.32 Å². The zero-order valence-electron chi connectivity index (χ0n) is 14.3. The summed E-state index contributed by atoms with van der Waals surface area (Å²) in [6, 6.07) is 10.3. The molecule has 5 heteroatoms. The number of amides is 1. The van der Waals surface area contributed by atoms with Crippen LogP contribution in [0.3, 0.4) is 0 Å². The normalized spacial score (nSPS) is 14.9. The Kier molecular flexibility index (Phi) is 6.91. The number of carbonyl (C=O) groups is 1. The van der Waals surface area contributed by atoms with E-state index < -0.39 is 0 Å². The smallest absolute Gasteiger partial charge is 0.224 e. The molecule has 1 heterocycles. The average Bonchev–Trinajstić information content (AvgIpc) is 3.09. The van der Waals surface area contributed by atoms with E-state index in [0.717, 1.165) is 45.0 Å². The Morgan fingerprint density at radius 2 is 1.96 bits per heavy atom. The molecule has 1 N–H and O–H groups in total. The minimum absolute atomic E-state index is 0.229. The van der Waals surface area contributed by atoms with Gasteiger partial charge in [-0.25, -0.2) is 0 Å². The van der Waals surface area contributed by atoms with Crippen LogP contribution >= 0.6 is 0 Å². The second-order valence-electron chi connectivity index (χ2n) is 5.92. The number of aliphatic imine (C=N–C) groups is 1. The van der Waals surface area contributed by atoms with Crippen molar-refractivity contribution in [3.8, 4) is 0 Å². The maximum atomic E-state index is 12.1. The third-order valence-corrected chi connectivity index (χ3v) is 4.01. The lowest BCUT2D eigenvalue weighted by Gasteiger charge is -2.22. The number of benzene rings is 1. The molecule has 0 spiro atoms. The van der Waals surface area contributed by atoms with E-state index in [1.54, 1.807) is 0 Å². The van der Waals surface area contributed by atoms with Gasteiger partial charge in [0.25, 0.3) is 0 Å². The van der Waals surface area contributed by atoms with Crippen molar-refractivity contribution in [1.29, 1.82) is 0 Å². The molecule has 2 rings (SSSR count). The van der Waals surface area contributed by atoms with E-state index >= 15 is 0 Å². The lowest BCUT2D eigenvalue weighted by Crippen LogP contribution is -2.38. The molecule has 126 valence electrons. The van der Waals surface area contributed by atoms with Crippen molar-refractivity contribution in [1.82, 2.24) is 15.1 Å². The van der Waals surface area contributed by atoms with Gasteiger partial charge in [-0.05, 0) is 25.3 Å². The molecule has 1 aromatic rings. The molecule has 0 unspecified atom stereocenters. The summed E-state index contributed by atoms with van der Waals surface area (Å²) >= 11 is 0. The highest BCUT2D eigenvalue weighted by Gasteiger charge is 2.17. The number of nitrogens with zero attached hydrogens (tertiary/aromatic N) is 3. The fourth-order valence-corrected chi connectivity index (χ4v) is 2.78. The second kappa shape index (κ2) is 9.18. The van der Waals surface area contributed by atoms with Crippen LogP contribution in [0.4, 0.5) is 0 Å². The van der Waals surface area contributed by atoms with Gasteiger partial charge in [0.05, 0.1) is 6.54 Å². The van der Waals surface area contributed by atoms with Crippen LogP contribution in [0.5, 0.6) is 0 Å². The maximum Gasteiger partial charge on any atom is 0.224 e. The zero-order valence-corrected chi connectivity index (χ0v) is 14.3. The Balaban J connectivity index is 1.87. The van der Waals surface area contributed by atoms with Crippen LogP contribution in [-0.4, -0.2) is 54.9 Å². The summed E-state index contributed by atoms with van der Waals surface area (Å²) in [5, 5.41) is 3.30. The summed E-state index contributed by atoms with van der Waals surface area (Å²) in [6.07, 6.45) is 2.77. The van der Waals surface area contributed by atoms with Crippen LogP contribution in [0.15, 0.2) is 35.3 Å². The number of hydrogen-bond donors (Lipinski definition) is 1. The molecule has 23 heavy (non-hydrogen) atoms. The molecule has 1 saturated heterocycles. The van der Waals surface area contributed by atoms with Gasteiger partial charge in [-0.1, -0.05) is 30.3 Å². The van der Waals surface area contributed by atoms with Crippen molar-refractivity contribution in [3.63, 3.8) is 0 Å². The lowest BCUT2D eigenvalue weighted by atomic mass is 10.2. The maximum absolute atomic E-state index is 12.1. The molecule has 1 aromatic carbocycles. The molecule has 5 nitrogen and oxygen atoms in total. The minimum atomic E-state index is 0.229. The highest BCUT2D eigenvalue weighted by atomic mass is 16.2. The van der Waals surface area contributed by atoms with Crippen molar-refractivity contribution in [3.05, 3.63) is 35.9 Å². The molecule has 0 bridgehead atoms. The largest absolute Gasteiger partial charge is 0.357 e. The Morgan fingerprint density at radius 1 is 1.26 bits per heavy atom. The fraction of sp³-hybridized carbons (Fsp3) is 0.556. The van der Waals surface area contributed by atoms with Gasteiger partial charge in [0.15, 0.2) is 5.96 Å². The van der Waals surface area contributed by atoms with Crippen molar-refractivity contribution >= 4 is 11.9 Å². The van der Waals surface area contributed by atoms with E-state index in [-0.39, 0.29) is 5.91 Å². The predicted molar refractivity (Wildman–Crippen MR) is 94.3 cm³/mol. The van der Waals surface area contributed by atoms with Crippen molar-refractivity contribution < 1.29 is 4.79 Å². The number of likely N-dealkylation sites (tertiary alicyclic amines) is 1. The van der Waals surface area contributed by atoms with Gasteiger partial charge in [0.2, 0.25) is 5.91 Å². The van der Waals surface area contributed by atoms with Crippen LogP contribution in [0.1, 0.15) is 31.7 Å². The minimum Gasteiger partial charge on any atom is -0.357 e. The summed E-state index contributed by atoms with van der Waals surface area (Å²) in [5.41, 5.74) is 1.24. The van der Waals surface area contributed by atoms with E-state index in [2.05, 4.69) is 34.3 Å². The monoisotopic (exact) mass is 316 g/mol. The highest BCUT2D eigenvalue weighted by molar-refractivity contribution is 5.80. The molecule has 1 aliphatic rings. The molecule has 0 aromatic heterocycles. The van der Waals surface area contributed by atoms with E-state index in [1.165, 1.54) is 5.56 Å². The lowest BCUT2D eigenvalue weighted by molar-refractivity contribution is -0.129. The van der Waals surface area contributed by atoms with Crippen LogP contribution in [0, 0.1) is 0 Å². The number of nitrogens with one attached hydrogen (secondary N) is 1. The number of rotatable bonds is 6. The SMILES string of the molecule is CCNC(=NCCC(=O)N1CCCC1)N(C)Cc1ccccc1. The summed E-state index contributed by atoms with van der Waals surface area (Å²) in [6.45, 7) is 6.04. The Hall–Kier alpha value is -2.04. The molecule has 1 fully saturated rings. The first-order chi connectivity index (χ1) is 11.2. The van der Waals surface area contributed by atoms with Crippen molar-refractivity contribution in [2.45, 2.75) is 32.7 Å². The van der Waals surface area contributed by atoms with Crippen LogP contribution in [0.25, 0.3) is 0 Å². The number of guanidine groups is 1. The molecular formula is C18H28N4O. The molecule has 0 saturated carbocycles. The standard InChI is InChI=1S/C18H28N4O/c1-3-19-18(21(2)15-16-9-5-4-6-10-16)20-12-11-17(23)22-13-7-8-14-22/h4-6,9-10H,3,7-8,11-15H2,1-2H3,(H,19,20). The Bertz CT molecular complexity index is 509. The molecule has 0 atom stereocenters. The van der Waals surface area contributed by atoms with Gasteiger partial charge in [-0.2, -0.15) is 0 Å². The fourth-order valence-electron chi connectivity index (χ4n) is 2.78. The predicted octanol–water partition coefficient (Wildman–Crippen LogP) is 2.10. The van der Waals surface area contributed by atoms with E-state index in [1.807, 2.05) is 30.1 Å². The topological polar surface area (TPSA) is 47.9 Å². The first-order valence-electron chi connectivity index (χ1n) is 8.52. The van der Waals surface area contributed by atoms with Crippen LogP contribution in [0.2, 0.25) is 0 Å². The van der Waals surface area contributed by atoms with Crippen molar-refractivity contribution in [2.75, 3.05) is 33.2 Å². The summed E-state index contributed by atoms with van der Waals surface area (Å²) < 4.78 is 0. The van der Waals surface area contributed by atoms with Gasteiger partial charge in [-0.15, -0.1) is 0 Å². The van der Waals surface area contributed by atoms with E-state index in [9.17, 15) is 4.79 Å². The zero-order chi connectivity index (χ0) is 16.5. The molecule has 0 aliphatic carbocycles.